The fourth-order valence-corrected chi connectivity index (χ4v) is 2.41. The molecule has 0 aliphatic heterocycles. The number of fused-ring (bicyclic) bond motifs is 1. The minimum atomic E-state index is 0.144. The van der Waals surface area contributed by atoms with Crippen molar-refractivity contribution in [2.24, 2.45) is 0 Å². The third-order valence-electron chi connectivity index (χ3n) is 2.97. The zero-order chi connectivity index (χ0) is 11.4. The first-order valence-corrected chi connectivity index (χ1v) is 6.38. The van der Waals surface area contributed by atoms with E-state index in [9.17, 15) is 0 Å². The molecule has 0 saturated carbocycles. The number of halogens is 1. The van der Waals surface area contributed by atoms with Crippen LogP contribution >= 0.6 is 11.6 Å². The molecular weight excluding hydrogens is 216 g/mol. The molecule has 1 heteroatoms. The lowest BCUT2D eigenvalue weighted by Crippen LogP contribution is -1.92. The summed E-state index contributed by atoms with van der Waals surface area (Å²) in [6, 6.07) is 14.8. The van der Waals surface area contributed by atoms with Gasteiger partial charge in [0, 0.05) is 0 Å². The molecule has 16 heavy (non-hydrogen) atoms. The van der Waals surface area contributed by atoms with Crippen LogP contribution in [-0.4, -0.2) is 0 Å². The first-order chi connectivity index (χ1) is 7.83. The molecule has 0 saturated heterocycles. The number of unbranched alkanes of at least 4 members (excludes halogenated alkanes) is 1. The predicted molar refractivity (Wildman–Crippen MR) is 72.1 cm³/mol. The Labute approximate surface area is 102 Å². The number of hydrogen-bond acceptors (Lipinski definition) is 0. The fraction of sp³-hybridized carbons (Fsp3) is 0.333. The van der Waals surface area contributed by atoms with Crippen LogP contribution in [0, 0.1) is 0 Å². The largest absolute Gasteiger partial charge is 0.118 e. The van der Waals surface area contributed by atoms with E-state index in [-0.39, 0.29) is 5.38 Å². The molecule has 0 N–H and O–H groups in total. The highest BCUT2D eigenvalue weighted by Gasteiger charge is 2.10. The highest BCUT2D eigenvalue weighted by Crippen LogP contribution is 2.31. The van der Waals surface area contributed by atoms with Gasteiger partial charge in [-0.25, -0.2) is 0 Å². The van der Waals surface area contributed by atoms with Crippen molar-refractivity contribution in [3.63, 3.8) is 0 Å². The Morgan fingerprint density at radius 3 is 2.62 bits per heavy atom. The minimum Gasteiger partial charge on any atom is -0.118 e. The van der Waals surface area contributed by atoms with Gasteiger partial charge in [-0.15, -0.1) is 11.6 Å². The normalized spacial score (nSPS) is 12.9. The van der Waals surface area contributed by atoms with E-state index >= 15 is 0 Å². The van der Waals surface area contributed by atoms with Crippen molar-refractivity contribution in [2.75, 3.05) is 0 Å². The van der Waals surface area contributed by atoms with Crippen LogP contribution in [0.3, 0.4) is 0 Å². The first-order valence-electron chi connectivity index (χ1n) is 5.94. The lowest BCUT2D eigenvalue weighted by molar-refractivity contribution is 0.703. The number of rotatable bonds is 4. The van der Waals surface area contributed by atoms with Crippen LogP contribution in [0.1, 0.15) is 37.1 Å². The second kappa shape index (κ2) is 5.36. The molecule has 0 heterocycles. The SMILES string of the molecule is CCCCC(Cl)c1cccc2ccccc12. The second-order valence-corrected chi connectivity index (χ2v) is 4.70. The smallest absolute Gasteiger partial charge is 0.0591 e. The third-order valence-corrected chi connectivity index (χ3v) is 3.43. The Hall–Kier alpha value is -1.01. The molecule has 0 aliphatic rings. The predicted octanol–water partition coefficient (Wildman–Crippen LogP) is 5.31. The maximum Gasteiger partial charge on any atom is 0.0591 e. The summed E-state index contributed by atoms with van der Waals surface area (Å²) in [7, 11) is 0. The van der Waals surface area contributed by atoms with Crippen LogP contribution < -0.4 is 0 Å². The van der Waals surface area contributed by atoms with Crippen molar-refractivity contribution in [3.05, 3.63) is 48.0 Å². The van der Waals surface area contributed by atoms with E-state index < -0.39 is 0 Å². The monoisotopic (exact) mass is 232 g/mol. The molecule has 0 nitrogen and oxygen atoms in total. The van der Waals surface area contributed by atoms with Gasteiger partial charge in [0.1, 0.15) is 0 Å². The van der Waals surface area contributed by atoms with Crippen molar-refractivity contribution < 1.29 is 0 Å². The Morgan fingerprint density at radius 2 is 1.81 bits per heavy atom. The number of alkyl halides is 1. The van der Waals surface area contributed by atoms with Gasteiger partial charge in [0.15, 0.2) is 0 Å². The molecule has 0 aromatic heterocycles. The zero-order valence-electron chi connectivity index (χ0n) is 9.62. The summed E-state index contributed by atoms with van der Waals surface area (Å²) in [5, 5.41) is 2.72. The molecule has 1 atom stereocenters. The molecule has 2 aromatic rings. The lowest BCUT2D eigenvalue weighted by atomic mass is 9.99. The Balaban J connectivity index is 2.36. The maximum atomic E-state index is 6.46. The van der Waals surface area contributed by atoms with Gasteiger partial charge in [-0.1, -0.05) is 62.2 Å². The summed E-state index contributed by atoms with van der Waals surface area (Å²) in [6.45, 7) is 2.20. The molecule has 0 bridgehead atoms. The van der Waals surface area contributed by atoms with Crippen LogP contribution in [0.4, 0.5) is 0 Å². The summed E-state index contributed by atoms with van der Waals surface area (Å²) < 4.78 is 0. The Morgan fingerprint density at radius 1 is 1.06 bits per heavy atom. The van der Waals surface area contributed by atoms with Gasteiger partial charge in [-0.3, -0.25) is 0 Å². The fourth-order valence-electron chi connectivity index (χ4n) is 2.06. The van der Waals surface area contributed by atoms with E-state index in [1.807, 2.05) is 0 Å². The quantitative estimate of drug-likeness (QED) is 0.627. The van der Waals surface area contributed by atoms with Crippen LogP contribution in [0.25, 0.3) is 10.8 Å². The Kier molecular flexibility index (Phi) is 3.84. The lowest BCUT2D eigenvalue weighted by Gasteiger charge is -2.12. The highest BCUT2D eigenvalue weighted by molar-refractivity contribution is 6.21. The molecule has 0 aliphatic carbocycles. The van der Waals surface area contributed by atoms with Crippen molar-refractivity contribution in [1.29, 1.82) is 0 Å². The summed E-state index contributed by atoms with van der Waals surface area (Å²) in [4.78, 5) is 0. The van der Waals surface area contributed by atoms with Crippen molar-refractivity contribution in [3.8, 4) is 0 Å². The van der Waals surface area contributed by atoms with E-state index in [0.29, 0.717) is 0 Å². The van der Waals surface area contributed by atoms with E-state index in [2.05, 4.69) is 49.4 Å². The Bertz CT molecular complexity index is 456. The molecule has 0 amide bonds. The van der Waals surface area contributed by atoms with Crippen LogP contribution in [0.5, 0.6) is 0 Å². The maximum absolute atomic E-state index is 6.46. The summed E-state index contributed by atoms with van der Waals surface area (Å²) in [6.07, 6.45) is 3.46. The molecule has 2 rings (SSSR count). The average Bonchev–Trinajstić information content (AvgIpc) is 2.35. The molecule has 0 fully saturated rings. The molecule has 0 radical (unpaired) electrons. The minimum absolute atomic E-state index is 0.144. The van der Waals surface area contributed by atoms with Gasteiger partial charge in [0.05, 0.1) is 5.38 Å². The summed E-state index contributed by atoms with van der Waals surface area (Å²) in [5.41, 5.74) is 1.27. The number of benzene rings is 2. The van der Waals surface area contributed by atoms with Gasteiger partial charge in [0.25, 0.3) is 0 Å². The van der Waals surface area contributed by atoms with Gasteiger partial charge in [-0.05, 0) is 22.8 Å². The summed E-state index contributed by atoms with van der Waals surface area (Å²) >= 11 is 6.46. The van der Waals surface area contributed by atoms with Gasteiger partial charge in [-0.2, -0.15) is 0 Å². The second-order valence-electron chi connectivity index (χ2n) is 4.18. The van der Waals surface area contributed by atoms with Crippen molar-refractivity contribution in [2.45, 2.75) is 31.6 Å². The van der Waals surface area contributed by atoms with Crippen molar-refractivity contribution in [1.82, 2.24) is 0 Å². The van der Waals surface area contributed by atoms with E-state index in [0.717, 1.165) is 6.42 Å². The highest BCUT2D eigenvalue weighted by atomic mass is 35.5. The van der Waals surface area contributed by atoms with Gasteiger partial charge in [0.2, 0.25) is 0 Å². The van der Waals surface area contributed by atoms with Crippen LogP contribution in [0.15, 0.2) is 42.5 Å². The zero-order valence-corrected chi connectivity index (χ0v) is 10.4. The molecule has 0 spiro atoms. The topological polar surface area (TPSA) is 0 Å². The standard InChI is InChI=1S/C15H17Cl/c1-2-3-11-15(16)14-10-6-8-12-7-4-5-9-13(12)14/h4-10,15H,2-3,11H2,1H3. The third kappa shape index (κ3) is 2.38. The average molecular weight is 233 g/mol. The van der Waals surface area contributed by atoms with Crippen LogP contribution in [0.2, 0.25) is 0 Å². The molecule has 84 valence electrons. The van der Waals surface area contributed by atoms with E-state index in [4.69, 9.17) is 11.6 Å². The van der Waals surface area contributed by atoms with Gasteiger partial charge < -0.3 is 0 Å². The van der Waals surface area contributed by atoms with E-state index in [1.54, 1.807) is 0 Å². The van der Waals surface area contributed by atoms with Crippen LogP contribution in [-0.2, 0) is 0 Å². The molecular formula is C15H17Cl. The molecule has 1 unspecified atom stereocenters. The van der Waals surface area contributed by atoms with Gasteiger partial charge >= 0.3 is 0 Å². The number of hydrogen-bond donors (Lipinski definition) is 0. The molecule has 2 aromatic carbocycles. The van der Waals surface area contributed by atoms with Crippen molar-refractivity contribution >= 4 is 22.4 Å². The first kappa shape index (κ1) is 11.5. The summed E-state index contributed by atoms with van der Waals surface area (Å²) in [5.74, 6) is 0. The van der Waals surface area contributed by atoms with E-state index in [1.165, 1.54) is 29.2 Å².